The van der Waals surface area contributed by atoms with E-state index in [2.05, 4.69) is 0 Å². The van der Waals surface area contributed by atoms with Gasteiger partial charge in [-0.05, 0) is 19.1 Å². The van der Waals surface area contributed by atoms with Gasteiger partial charge in [-0.25, -0.2) is 4.57 Å². The quantitative estimate of drug-likeness (QED) is 0.695. The topological polar surface area (TPSA) is 35.5 Å². The van der Waals surface area contributed by atoms with Gasteiger partial charge in [0.2, 0.25) is 0 Å². The summed E-state index contributed by atoms with van der Waals surface area (Å²) in [5.74, 6) is -0.0143. The highest BCUT2D eigenvalue weighted by atomic mass is 35.7. The number of benzene rings is 1. The van der Waals surface area contributed by atoms with Crippen molar-refractivity contribution in [3.05, 3.63) is 27.2 Å². The first-order valence-corrected chi connectivity index (χ1v) is 7.72. The molecule has 1 rings (SSSR count). The first-order chi connectivity index (χ1) is 7.35. The van der Waals surface area contributed by atoms with Crippen LogP contribution in [0, 0.1) is 0 Å². The minimum absolute atomic E-state index is 0.0143. The van der Waals surface area contributed by atoms with Crippen LogP contribution in [-0.2, 0) is 9.09 Å². The van der Waals surface area contributed by atoms with Crippen molar-refractivity contribution in [2.24, 2.45) is 0 Å². The molecule has 0 saturated heterocycles. The molecule has 3 nitrogen and oxygen atoms in total. The number of rotatable bonds is 4. The molecule has 0 N–H and O–H groups in total. The third-order valence-electron chi connectivity index (χ3n) is 1.45. The third kappa shape index (κ3) is 3.99. The maximum atomic E-state index is 11.5. The van der Waals surface area contributed by atoms with Crippen LogP contribution < -0.4 is 4.52 Å². The second kappa shape index (κ2) is 5.81. The van der Waals surface area contributed by atoms with E-state index in [0.717, 1.165) is 0 Å². The Balaban J connectivity index is 3.02. The lowest BCUT2D eigenvalue weighted by Gasteiger charge is -2.14. The highest BCUT2D eigenvalue weighted by molar-refractivity contribution is 7.81. The lowest BCUT2D eigenvalue weighted by molar-refractivity contribution is 0.295. The molecule has 0 aliphatic rings. The van der Waals surface area contributed by atoms with Gasteiger partial charge in [0.15, 0.2) is 5.75 Å². The number of halogens is 4. The first-order valence-electron chi connectivity index (χ1n) is 4.14. The molecule has 1 atom stereocenters. The lowest BCUT2D eigenvalue weighted by atomic mass is 10.3. The fourth-order valence-electron chi connectivity index (χ4n) is 0.906. The van der Waals surface area contributed by atoms with Crippen molar-refractivity contribution in [3.8, 4) is 5.75 Å². The Morgan fingerprint density at radius 2 is 1.75 bits per heavy atom. The SMILES string of the molecule is CCOP(=O)(Cl)Oc1c(Cl)cc(Cl)cc1Cl. The molecule has 1 unspecified atom stereocenters. The normalized spacial score (nSPS) is 14.6. The average molecular weight is 324 g/mol. The van der Waals surface area contributed by atoms with Crippen LogP contribution >= 0.6 is 53.0 Å². The Kier molecular flexibility index (Phi) is 5.24. The Morgan fingerprint density at radius 1 is 1.25 bits per heavy atom. The van der Waals surface area contributed by atoms with Crippen molar-refractivity contribution in [2.75, 3.05) is 6.61 Å². The van der Waals surface area contributed by atoms with Gasteiger partial charge in [-0.15, -0.1) is 0 Å². The molecule has 0 aliphatic heterocycles. The van der Waals surface area contributed by atoms with Crippen LogP contribution in [-0.4, -0.2) is 6.61 Å². The molecule has 16 heavy (non-hydrogen) atoms. The summed E-state index contributed by atoms with van der Waals surface area (Å²) < 4.78 is 21.2. The summed E-state index contributed by atoms with van der Waals surface area (Å²) >= 11 is 22.8. The molecule has 0 amide bonds. The largest absolute Gasteiger partial charge is 0.476 e. The van der Waals surface area contributed by atoms with Crippen molar-refractivity contribution >= 4 is 53.0 Å². The summed E-state index contributed by atoms with van der Waals surface area (Å²) in [6.45, 7) is -1.95. The summed E-state index contributed by atoms with van der Waals surface area (Å²) in [6, 6.07) is 2.79. The van der Waals surface area contributed by atoms with Gasteiger partial charge in [0.1, 0.15) is 0 Å². The molecular weight excluding hydrogens is 317 g/mol. The van der Waals surface area contributed by atoms with E-state index in [1.165, 1.54) is 12.1 Å². The van der Waals surface area contributed by atoms with Crippen molar-refractivity contribution in [1.82, 2.24) is 0 Å². The minimum atomic E-state index is -3.72. The highest BCUT2D eigenvalue weighted by Gasteiger charge is 2.25. The smallest absolute Gasteiger partial charge is 0.410 e. The average Bonchev–Trinajstić information content (AvgIpc) is 2.11. The molecule has 0 bridgehead atoms. The van der Waals surface area contributed by atoms with E-state index in [9.17, 15) is 4.57 Å². The molecule has 0 aromatic heterocycles. The van der Waals surface area contributed by atoms with E-state index < -0.39 is 6.95 Å². The fourth-order valence-corrected chi connectivity index (χ4v) is 3.18. The van der Waals surface area contributed by atoms with Gasteiger partial charge in [-0.2, -0.15) is 0 Å². The summed E-state index contributed by atoms with van der Waals surface area (Å²) in [7, 11) is 0. The second-order valence-electron chi connectivity index (χ2n) is 2.64. The monoisotopic (exact) mass is 322 g/mol. The molecular formula is C8H7Cl4O3P. The minimum Gasteiger partial charge on any atom is -0.410 e. The van der Waals surface area contributed by atoms with E-state index in [1.807, 2.05) is 0 Å². The van der Waals surface area contributed by atoms with Crippen LogP contribution in [0.3, 0.4) is 0 Å². The molecule has 1 aromatic rings. The predicted molar refractivity (Wildman–Crippen MR) is 67.2 cm³/mol. The van der Waals surface area contributed by atoms with Crippen molar-refractivity contribution in [2.45, 2.75) is 6.92 Å². The van der Waals surface area contributed by atoms with Crippen LogP contribution in [0.2, 0.25) is 15.1 Å². The Labute approximate surface area is 113 Å². The van der Waals surface area contributed by atoms with Crippen molar-refractivity contribution in [1.29, 1.82) is 0 Å². The first kappa shape index (κ1) is 14.4. The van der Waals surface area contributed by atoms with Gasteiger partial charge in [-0.3, -0.25) is 4.52 Å². The summed E-state index contributed by atoms with van der Waals surface area (Å²) in [5.41, 5.74) is 0. The Hall–Kier alpha value is 0.370. The van der Waals surface area contributed by atoms with Crippen LogP contribution in [0.4, 0.5) is 0 Å². The van der Waals surface area contributed by atoms with E-state index in [4.69, 9.17) is 55.1 Å². The van der Waals surface area contributed by atoms with Crippen LogP contribution in [0.1, 0.15) is 6.92 Å². The zero-order valence-electron chi connectivity index (χ0n) is 8.05. The van der Waals surface area contributed by atoms with E-state index in [0.29, 0.717) is 5.02 Å². The Bertz CT molecular complexity index is 414. The van der Waals surface area contributed by atoms with Gasteiger partial charge >= 0.3 is 6.95 Å². The Morgan fingerprint density at radius 3 is 2.19 bits per heavy atom. The fraction of sp³-hybridized carbons (Fsp3) is 0.250. The van der Waals surface area contributed by atoms with Gasteiger partial charge in [0, 0.05) is 16.3 Å². The molecule has 0 fully saturated rings. The lowest BCUT2D eigenvalue weighted by Crippen LogP contribution is -1.93. The molecule has 0 spiro atoms. The van der Waals surface area contributed by atoms with Crippen LogP contribution in [0.5, 0.6) is 5.75 Å². The van der Waals surface area contributed by atoms with Gasteiger partial charge < -0.3 is 4.52 Å². The molecule has 90 valence electrons. The van der Waals surface area contributed by atoms with Crippen molar-refractivity contribution in [3.63, 3.8) is 0 Å². The molecule has 0 aliphatic carbocycles. The zero-order chi connectivity index (χ0) is 12.3. The molecule has 8 heteroatoms. The van der Waals surface area contributed by atoms with E-state index >= 15 is 0 Å². The molecule has 0 heterocycles. The highest BCUT2D eigenvalue weighted by Crippen LogP contribution is 2.55. The molecule has 1 aromatic carbocycles. The van der Waals surface area contributed by atoms with Crippen LogP contribution in [0.15, 0.2) is 12.1 Å². The summed E-state index contributed by atoms with van der Waals surface area (Å²) in [6.07, 6.45) is 0. The number of hydrogen-bond acceptors (Lipinski definition) is 3. The van der Waals surface area contributed by atoms with Crippen LogP contribution in [0.25, 0.3) is 0 Å². The molecule has 0 radical (unpaired) electrons. The summed E-state index contributed by atoms with van der Waals surface area (Å²) in [4.78, 5) is 0. The van der Waals surface area contributed by atoms with E-state index in [1.54, 1.807) is 6.92 Å². The third-order valence-corrected chi connectivity index (χ3v) is 3.69. The van der Waals surface area contributed by atoms with Gasteiger partial charge in [-0.1, -0.05) is 34.8 Å². The standard InChI is InChI=1S/C8H7Cl4O3P/c1-2-14-16(12,13)15-8-6(10)3-5(9)4-7(8)11/h3-4H,2H2,1H3. The van der Waals surface area contributed by atoms with Gasteiger partial charge in [0.05, 0.1) is 16.7 Å². The maximum Gasteiger partial charge on any atom is 0.476 e. The zero-order valence-corrected chi connectivity index (χ0v) is 12.0. The van der Waals surface area contributed by atoms with Gasteiger partial charge in [0.25, 0.3) is 0 Å². The molecule has 0 saturated carbocycles. The second-order valence-corrected chi connectivity index (χ2v) is 6.43. The maximum absolute atomic E-state index is 11.5. The van der Waals surface area contributed by atoms with E-state index in [-0.39, 0.29) is 22.4 Å². The summed E-state index contributed by atoms with van der Waals surface area (Å²) in [5, 5.41) is 0.555. The number of hydrogen-bond donors (Lipinski definition) is 0. The van der Waals surface area contributed by atoms with Crippen molar-refractivity contribution < 1.29 is 13.6 Å². The predicted octanol–water partition coefficient (Wildman–Crippen LogP) is 5.41.